The minimum atomic E-state index is -0.609. The molecule has 0 spiro atoms. The van der Waals surface area contributed by atoms with Crippen molar-refractivity contribution in [2.45, 2.75) is 19.9 Å². The molecule has 1 amide bonds. The van der Waals surface area contributed by atoms with Crippen molar-refractivity contribution in [1.82, 2.24) is 9.55 Å². The van der Waals surface area contributed by atoms with Crippen LogP contribution in [0.25, 0.3) is 0 Å². The minimum Gasteiger partial charge on any atom is -0.480 e. The molecule has 0 radical (unpaired) electrons. The van der Waals surface area contributed by atoms with Crippen LogP contribution in [0.2, 0.25) is 5.02 Å². The van der Waals surface area contributed by atoms with E-state index in [4.69, 9.17) is 21.7 Å². The first kappa shape index (κ1) is 23.3. The van der Waals surface area contributed by atoms with Gasteiger partial charge in [0.05, 0.1) is 24.1 Å². The van der Waals surface area contributed by atoms with Gasteiger partial charge < -0.3 is 20.0 Å². The van der Waals surface area contributed by atoms with Gasteiger partial charge in [0, 0.05) is 35.7 Å². The van der Waals surface area contributed by atoms with Crippen LogP contribution in [0.15, 0.2) is 70.9 Å². The van der Waals surface area contributed by atoms with Crippen molar-refractivity contribution < 1.29 is 9.53 Å². The standard InChI is InChI=1S/C25H24ClN5O3/c1-14-12-18(13-30(3)24(14)32)31-22(16-7-9-17(26)10-8-16)21(20(15(2)27)25(31)33)29-19-6-5-11-28-23(19)34-4/h5-13,22,27,29H,1-4H3. The topological polar surface area (TPSA) is 100 Å². The predicted molar refractivity (Wildman–Crippen MR) is 133 cm³/mol. The van der Waals surface area contributed by atoms with E-state index in [0.717, 1.165) is 5.56 Å². The molecule has 1 atom stereocenters. The van der Waals surface area contributed by atoms with Gasteiger partial charge in [0.25, 0.3) is 11.5 Å². The number of aromatic nitrogens is 2. The summed E-state index contributed by atoms with van der Waals surface area (Å²) in [6.07, 6.45) is 3.23. The fraction of sp³-hybridized carbons (Fsp3) is 0.200. The molecule has 2 N–H and O–H groups in total. The number of amides is 1. The van der Waals surface area contributed by atoms with Crippen molar-refractivity contribution in [3.63, 3.8) is 0 Å². The van der Waals surface area contributed by atoms with Gasteiger partial charge in [-0.2, -0.15) is 0 Å². The monoisotopic (exact) mass is 477 g/mol. The number of aryl methyl sites for hydroxylation is 2. The maximum absolute atomic E-state index is 13.8. The summed E-state index contributed by atoms with van der Waals surface area (Å²) in [5, 5.41) is 12.3. The summed E-state index contributed by atoms with van der Waals surface area (Å²) in [7, 11) is 3.16. The molecule has 3 heterocycles. The molecule has 0 aliphatic carbocycles. The number of halogens is 1. The van der Waals surface area contributed by atoms with Crippen molar-refractivity contribution in [1.29, 1.82) is 5.41 Å². The Kier molecular flexibility index (Phi) is 6.26. The van der Waals surface area contributed by atoms with Gasteiger partial charge >= 0.3 is 0 Å². The molecule has 1 aliphatic heterocycles. The molecule has 1 aromatic carbocycles. The van der Waals surface area contributed by atoms with Crippen LogP contribution in [0.4, 0.5) is 11.4 Å². The number of pyridine rings is 2. The average molecular weight is 478 g/mol. The smallest absolute Gasteiger partial charge is 0.262 e. The van der Waals surface area contributed by atoms with E-state index in [1.54, 1.807) is 68.5 Å². The van der Waals surface area contributed by atoms with Gasteiger partial charge in [0.2, 0.25) is 5.88 Å². The number of nitrogens with one attached hydrogen (secondary N) is 2. The summed E-state index contributed by atoms with van der Waals surface area (Å²) in [5.41, 5.74) is 3.10. The molecule has 0 saturated heterocycles. The zero-order valence-electron chi connectivity index (χ0n) is 19.2. The molecule has 9 heteroatoms. The Labute approximate surface area is 202 Å². The highest BCUT2D eigenvalue weighted by atomic mass is 35.5. The van der Waals surface area contributed by atoms with Crippen LogP contribution in [0, 0.1) is 12.3 Å². The van der Waals surface area contributed by atoms with Gasteiger partial charge in [-0.3, -0.25) is 14.5 Å². The summed E-state index contributed by atoms with van der Waals surface area (Å²) >= 11 is 6.14. The third-order valence-corrected chi connectivity index (χ3v) is 5.91. The Morgan fingerprint density at radius 3 is 2.53 bits per heavy atom. The van der Waals surface area contributed by atoms with Crippen LogP contribution in [-0.2, 0) is 11.8 Å². The quantitative estimate of drug-likeness (QED) is 0.517. The van der Waals surface area contributed by atoms with E-state index in [9.17, 15) is 9.59 Å². The summed E-state index contributed by atoms with van der Waals surface area (Å²) in [6, 6.07) is 11.8. The first-order chi connectivity index (χ1) is 16.2. The fourth-order valence-corrected chi connectivity index (χ4v) is 4.25. The summed E-state index contributed by atoms with van der Waals surface area (Å²) < 4.78 is 6.83. The number of hydrogen-bond acceptors (Lipinski definition) is 6. The van der Waals surface area contributed by atoms with E-state index in [1.165, 1.54) is 11.7 Å². The van der Waals surface area contributed by atoms with Crippen LogP contribution in [0.3, 0.4) is 0 Å². The lowest BCUT2D eigenvalue weighted by molar-refractivity contribution is -0.114. The van der Waals surface area contributed by atoms with Gasteiger partial charge in [-0.25, -0.2) is 4.98 Å². The summed E-state index contributed by atoms with van der Waals surface area (Å²) in [4.78, 5) is 31.9. The maximum Gasteiger partial charge on any atom is 0.262 e. The van der Waals surface area contributed by atoms with Crippen molar-refractivity contribution in [3.8, 4) is 5.88 Å². The van der Waals surface area contributed by atoms with Crippen LogP contribution >= 0.6 is 11.6 Å². The zero-order valence-corrected chi connectivity index (χ0v) is 20.0. The lowest BCUT2D eigenvalue weighted by atomic mass is 10.0. The predicted octanol–water partition coefficient (Wildman–Crippen LogP) is 4.24. The first-order valence-corrected chi connectivity index (χ1v) is 10.9. The molecule has 4 rings (SSSR count). The lowest BCUT2D eigenvalue weighted by Crippen LogP contribution is -2.33. The summed E-state index contributed by atoms with van der Waals surface area (Å²) in [5.74, 6) is 0.00606. The number of benzene rings is 1. The Balaban J connectivity index is 1.95. The van der Waals surface area contributed by atoms with E-state index in [0.29, 0.717) is 33.5 Å². The molecular weight excluding hydrogens is 454 g/mol. The molecule has 0 fully saturated rings. The van der Waals surface area contributed by atoms with E-state index in [2.05, 4.69) is 10.3 Å². The molecule has 1 aliphatic rings. The zero-order chi connectivity index (χ0) is 24.6. The molecule has 8 nitrogen and oxygen atoms in total. The minimum absolute atomic E-state index is 0.110. The highest BCUT2D eigenvalue weighted by Crippen LogP contribution is 2.42. The number of carbonyl (C=O) groups excluding carboxylic acids is 1. The molecule has 3 aromatic rings. The second-order valence-corrected chi connectivity index (χ2v) is 8.46. The van der Waals surface area contributed by atoms with E-state index in [-0.39, 0.29) is 22.8 Å². The number of rotatable bonds is 6. The second-order valence-electron chi connectivity index (χ2n) is 8.03. The highest BCUT2D eigenvalue weighted by Gasteiger charge is 2.42. The Bertz CT molecular complexity index is 1350. The number of nitrogens with zero attached hydrogens (tertiary/aromatic N) is 3. The van der Waals surface area contributed by atoms with E-state index < -0.39 is 6.04 Å². The molecule has 34 heavy (non-hydrogen) atoms. The number of carbonyl (C=O) groups is 1. The average Bonchev–Trinajstić information content (AvgIpc) is 3.09. The second kappa shape index (κ2) is 9.15. The van der Waals surface area contributed by atoms with Crippen LogP contribution in [0.5, 0.6) is 5.88 Å². The van der Waals surface area contributed by atoms with Crippen molar-refractivity contribution in [2.75, 3.05) is 17.3 Å². The molecular formula is C25H24ClN5O3. The molecule has 174 valence electrons. The molecule has 2 aromatic heterocycles. The van der Waals surface area contributed by atoms with Gasteiger partial charge in [0.15, 0.2) is 0 Å². The maximum atomic E-state index is 13.8. The molecule has 1 unspecified atom stereocenters. The van der Waals surface area contributed by atoms with E-state index in [1.807, 2.05) is 12.1 Å². The lowest BCUT2D eigenvalue weighted by Gasteiger charge is -2.28. The first-order valence-electron chi connectivity index (χ1n) is 10.5. The van der Waals surface area contributed by atoms with Crippen LogP contribution in [0.1, 0.15) is 24.1 Å². The third kappa shape index (κ3) is 4.08. The van der Waals surface area contributed by atoms with Gasteiger partial charge in [-0.05, 0) is 49.7 Å². The van der Waals surface area contributed by atoms with Gasteiger partial charge in [-0.1, -0.05) is 23.7 Å². The normalized spacial score (nSPS) is 15.6. The van der Waals surface area contributed by atoms with E-state index >= 15 is 0 Å². The largest absolute Gasteiger partial charge is 0.480 e. The number of anilines is 2. The van der Waals surface area contributed by atoms with Crippen molar-refractivity contribution >= 4 is 34.6 Å². The van der Waals surface area contributed by atoms with Crippen molar-refractivity contribution in [2.24, 2.45) is 7.05 Å². The van der Waals surface area contributed by atoms with Crippen LogP contribution < -0.4 is 20.5 Å². The Morgan fingerprint density at radius 2 is 1.91 bits per heavy atom. The van der Waals surface area contributed by atoms with Gasteiger partial charge in [0.1, 0.15) is 11.7 Å². The molecule has 0 bridgehead atoms. The van der Waals surface area contributed by atoms with Crippen molar-refractivity contribution in [3.05, 3.63) is 92.6 Å². The van der Waals surface area contributed by atoms with Gasteiger partial charge in [-0.15, -0.1) is 0 Å². The number of ether oxygens (including phenoxy) is 1. The fourth-order valence-electron chi connectivity index (χ4n) is 4.12. The summed E-state index contributed by atoms with van der Waals surface area (Å²) in [6.45, 7) is 3.28. The third-order valence-electron chi connectivity index (χ3n) is 5.65. The Morgan fingerprint density at radius 1 is 1.21 bits per heavy atom. The number of hydrogen-bond donors (Lipinski definition) is 2. The Hall–Kier alpha value is -3.91. The van der Waals surface area contributed by atoms with Crippen LogP contribution in [-0.4, -0.2) is 28.3 Å². The molecule has 0 saturated carbocycles. The number of methoxy groups -OCH3 is 1. The highest BCUT2D eigenvalue weighted by molar-refractivity contribution is 6.30. The SMILES string of the molecule is COc1ncccc1NC1=C(C(C)=N)C(=O)N(c2cc(C)c(=O)n(C)c2)C1c1ccc(Cl)cc1.